The number of imide groups is 1. The summed E-state index contributed by atoms with van der Waals surface area (Å²) in [6, 6.07) is 5.19. The summed E-state index contributed by atoms with van der Waals surface area (Å²) in [6.07, 6.45) is 2.36. The Hall–Kier alpha value is -1.84. The number of rotatable bonds is 4. The van der Waals surface area contributed by atoms with Gasteiger partial charge in [-0.15, -0.1) is 0 Å². The van der Waals surface area contributed by atoms with Crippen molar-refractivity contribution >= 4 is 17.6 Å². The van der Waals surface area contributed by atoms with Crippen LogP contribution in [0.4, 0.5) is 10.5 Å². The molecular formula is C15H20N2O2. The van der Waals surface area contributed by atoms with Gasteiger partial charge in [0.2, 0.25) is 0 Å². The third-order valence-corrected chi connectivity index (χ3v) is 3.52. The van der Waals surface area contributed by atoms with Crippen molar-refractivity contribution in [1.82, 2.24) is 5.32 Å². The molecule has 1 fully saturated rings. The number of aryl methyl sites for hydroxylation is 2. The Kier molecular flexibility index (Phi) is 3.88. The van der Waals surface area contributed by atoms with Gasteiger partial charge in [0.15, 0.2) is 0 Å². The molecule has 0 radical (unpaired) electrons. The van der Waals surface area contributed by atoms with Gasteiger partial charge in [-0.05, 0) is 30.9 Å². The average Bonchev–Trinajstić information content (AvgIpc) is 2.65. The lowest BCUT2D eigenvalue weighted by Crippen LogP contribution is -2.32. The van der Waals surface area contributed by atoms with Gasteiger partial charge in [-0.25, -0.2) is 9.69 Å². The van der Waals surface area contributed by atoms with Crippen LogP contribution in [0.2, 0.25) is 0 Å². The third kappa shape index (κ3) is 2.35. The molecule has 0 spiro atoms. The van der Waals surface area contributed by atoms with Crippen molar-refractivity contribution in [2.24, 2.45) is 0 Å². The highest BCUT2D eigenvalue weighted by molar-refractivity contribution is 6.22. The zero-order valence-electron chi connectivity index (χ0n) is 11.7. The monoisotopic (exact) mass is 260 g/mol. The minimum Gasteiger partial charge on any atom is -0.325 e. The molecule has 3 amide bonds. The third-order valence-electron chi connectivity index (χ3n) is 3.52. The van der Waals surface area contributed by atoms with Crippen LogP contribution < -0.4 is 10.2 Å². The van der Waals surface area contributed by atoms with E-state index in [1.165, 1.54) is 4.90 Å². The van der Waals surface area contributed by atoms with E-state index in [1.807, 2.05) is 39.0 Å². The molecule has 0 aliphatic carbocycles. The standard InChI is InChI=1S/C15H20N2O2/c1-4-7-12-14(18)17(15(19)16-12)13-10(3)8-6-9-11(13)5-2/h6,8-9,12H,4-5,7H2,1-3H3,(H,16,19). The molecule has 1 unspecified atom stereocenters. The molecule has 1 aliphatic heterocycles. The van der Waals surface area contributed by atoms with Crippen LogP contribution in [0.1, 0.15) is 37.8 Å². The van der Waals surface area contributed by atoms with Crippen LogP contribution in [0.15, 0.2) is 18.2 Å². The normalized spacial score (nSPS) is 18.9. The molecule has 1 atom stereocenters. The van der Waals surface area contributed by atoms with Crippen LogP contribution in [-0.2, 0) is 11.2 Å². The maximum Gasteiger partial charge on any atom is 0.329 e. The van der Waals surface area contributed by atoms with E-state index in [1.54, 1.807) is 0 Å². The second-order valence-electron chi connectivity index (χ2n) is 4.90. The van der Waals surface area contributed by atoms with Crippen LogP contribution in [0.25, 0.3) is 0 Å². The molecule has 0 bridgehead atoms. The molecule has 0 saturated carbocycles. The number of anilines is 1. The quantitative estimate of drug-likeness (QED) is 0.846. The van der Waals surface area contributed by atoms with Crippen molar-refractivity contribution < 1.29 is 9.59 Å². The fourth-order valence-corrected chi connectivity index (χ4v) is 2.55. The molecule has 1 N–H and O–H groups in total. The van der Waals surface area contributed by atoms with Gasteiger partial charge in [0.25, 0.3) is 5.91 Å². The number of nitrogens with one attached hydrogen (secondary N) is 1. The fourth-order valence-electron chi connectivity index (χ4n) is 2.55. The second-order valence-corrected chi connectivity index (χ2v) is 4.90. The highest BCUT2D eigenvalue weighted by atomic mass is 16.2. The van der Waals surface area contributed by atoms with Crippen molar-refractivity contribution in [3.8, 4) is 0 Å². The SMILES string of the molecule is CCCC1NC(=O)N(c2c(C)cccc2CC)C1=O. The number of hydrogen-bond acceptors (Lipinski definition) is 2. The molecule has 1 heterocycles. The highest BCUT2D eigenvalue weighted by Crippen LogP contribution is 2.29. The van der Waals surface area contributed by atoms with E-state index >= 15 is 0 Å². The predicted molar refractivity (Wildman–Crippen MR) is 75.3 cm³/mol. The molecule has 1 aromatic rings. The van der Waals surface area contributed by atoms with E-state index in [0.29, 0.717) is 6.42 Å². The van der Waals surface area contributed by atoms with Crippen molar-refractivity contribution in [3.05, 3.63) is 29.3 Å². The summed E-state index contributed by atoms with van der Waals surface area (Å²) in [4.78, 5) is 25.8. The number of nitrogens with zero attached hydrogens (tertiary/aromatic N) is 1. The zero-order valence-corrected chi connectivity index (χ0v) is 11.7. The Morgan fingerprint density at radius 1 is 1.26 bits per heavy atom. The summed E-state index contributed by atoms with van der Waals surface area (Å²) in [5, 5.41) is 2.77. The largest absolute Gasteiger partial charge is 0.329 e. The van der Waals surface area contributed by atoms with Gasteiger partial charge in [-0.3, -0.25) is 4.79 Å². The first-order valence-corrected chi connectivity index (χ1v) is 6.83. The number of para-hydroxylation sites is 1. The number of urea groups is 1. The molecule has 4 nitrogen and oxygen atoms in total. The number of carbonyl (C=O) groups excluding carboxylic acids is 2. The lowest BCUT2D eigenvalue weighted by molar-refractivity contribution is -0.118. The van der Waals surface area contributed by atoms with Gasteiger partial charge >= 0.3 is 6.03 Å². The molecule has 19 heavy (non-hydrogen) atoms. The van der Waals surface area contributed by atoms with E-state index in [0.717, 1.165) is 29.7 Å². The first-order chi connectivity index (χ1) is 9.10. The van der Waals surface area contributed by atoms with Crippen LogP contribution in [0.3, 0.4) is 0 Å². The Balaban J connectivity index is 2.42. The number of amides is 3. The Labute approximate surface area is 113 Å². The van der Waals surface area contributed by atoms with Crippen molar-refractivity contribution in [2.75, 3.05) is 4.90 Å². The van der Waals surface area contributed by atoms with E-state index in [9.17, 15) is 9.59 Å². The molecule has 1 aliphatic rings. The lowest BCUT2D eigenvalue weighted by Gasteiger charge is -2.19. The summed E-state index contributed by atoms with van der Waals surface area (Å²) in [7, 11) is 0. The van der Waals surface area contributed by atoms with E-state index in [4.69, 9.17) is 0 Å². The van der Waals surface area contributed by atoms with Crippen molar-refractivity contribution in [3.63, 3.8) is 0 Å². The highest BCUT2D eigenvalue weighted by Gasteiger charge is 2.39. The van der Waals surface area contributed by atoms with Gasteiger partial charge < -0.3 is 5.32 Å². The zero-order chi connectivity index (χ0) is 14.0. The van der Waals surface area contributed by atoms with E-state index < -0.39 is 0 Å². The Morgan fingerprint density at radius 2 is 2.00 bits per heavy atom. The summed E-state index contributed by atoms with van der Waals surface area (Å²) in [5.74, 6) is -0.129. The van der Waals surface area contributed by atoms with Crippen LogP contribution in [0, 0.1) is 6.92 Å². The molecule has 1 saturated heterocycles. The summed E-state index contributed by atoms with van der Waals surface area (Å²) in [6.45, 7) is 5.97. The van der Waals surface area contributed by atoms with E-state index in [2.05, 4.69) is 5.32 Å². The molecule has 4 heteroatoms. The Bertz CT molecular complexity index is 511. The molecule has 2 rings (SSSR count). The summed E-state index contributed by atoms with van der Waals surface area (Å²) >= 11 is 0. The predicted octanol–water partition coefficient (Wildman–Crippen LogP) is 2.78. The van der Waals surface area contributed by atoms with Crippen molar-refractivity contribution in [2.45, 2.75) is 46.1 Å². The molecular weight excluding hydrogens is 240 g/mol. The fraction of sp³-hybridized carbons (Fsp3) is 0.467. The number of hydrogen-bond donors (Lipinski definition) is 1. The van der Waals surface area contributed by atoms with E-state index in [-0.39, 0.29) is 18.0 Å². The van der Waals surface area contributed by atoms with Gasteiger partial charge in [0, 0.05) is 0 Å². The van der Waals surface area contributed by atoms with Gasteiger partial charge in [0.05, 0.1) is 5.69 Å². The average molecular weight is 260 g/mol. The lowest BCUT2D eigenvalue weighted by atomic mass is 10.0. The first kappa shape index (κ1) is 13.6. The topological polar surface area (TPSA) is 49.4 Å². The minimum atomic E-state index is -0.373. The van der Waals surface area contributed by atoms with Gasteiger partial charge in [0.1, 0.15) is 6.04 Å². The van der Waals surface area contributed by atoms with Crippen LogP contribution in [0.5, 0.6) is 0 Å². The van der Waals surface area contributed by atoms with Crippen LogP contribution >= 0.6 is 0 Å². The Morgan fingerprint density at radius 3 is 2.63 bits per heavy atom. The maximum absolute atomic E-state index is 12.4. The molecule has 102 valence electrons. The van der Waals surface area contributed by atoms with Gasteiger partial charge in [-0.2, -0.15) is 0 Å². The molecule has 1 aromatic carbocycles. The first-order valence-electron chi connectivity index (χ1n) is 6.83. The molecule has 0 aromatic heterocycles. The second kappa shape index (κ2) is 5.43. The number of benzene rings is 1. The van der Waals surface area contributed by atoms with Gasteiger partial charge in [-0.1, -0.05) is 38.5 Å². The summed E-state index contributed by atoms with van der Waals surface area (Å²) in [5.41, 5.74) is 2.74. The summed E-state index contributed by atoms with van der Waals surface area (Å²) < 4.78 is 0. The smallest absolute Gasteiger partial charge is 0.325 e. The van der Waals surface area contributed by atoms with Crippen molar-refractivity contribution in [1.29, 1.82) is 0 Å². The minimum absolute atomic E-state index is 0.129. The maximum atomic E-state index is 12.4. The van der Waals surface area contributed by atoms with Crippen LogP contribution in [-0.4, -0.2) is 18.0 Å². The number of carbonyl (C=O) groups is 2.